The zero-order valence-corrected chi connectivity index (χ0v) is 15.3. The Bertz CT molecular complexity index is 831. The van der Waals surface area contributed by atoms with E-state index >= 15 is 0 Å². The second kappa shape index (κ2) is 8.24. The van der Waals surface area contributed by atoms with Gasteiger partial charge in [0.2, 0.25) is 0 Å². The van der Waals surface area contributed by atoms with Crippen LogP contribution in [-0.4, -0.2) is 39.6 Å². The number of rotatable bonds is 5. The van der Waals surface area contributed by atoms with Crippen molar-refractivity contribution in [2.45, 2.75) is 19.3 Å². The van der Waals surface area contributed by atoms with Gasteiger partial charge in [0.1, 0.15) is 4.34 Å². The van der Waals surface area contributed by atoms with Gasteiger partial charge >= 0.3 is 0 Å². The number of nitrogens with one attached hydrogen (secondary N) is 1. The van der Waals surface area contributed by atoms with Crippen LogP contribution in [0.25, 0.3) is 0 Å². The molecule has 1 aromatic heterocycles. The van der Waals surface area contributed by atoms with Gasteiger partial charge in [0, 0.05) is 30.8 Å². The number of non-ortho nitro benzene ring substituents is 1. The predicted molar refractivity (Wildman–Crippen MR) is 101 cm³/mol. The number of hydrogen-bond donors (Lipinski definition) is 1. The van der Waals surface area contributed by atoms with E-state index in [9.17, 15) is 14.9 Å². The molecule has 0 spiro atoms. The standard InChI is InChI=1S/C16H16ClN5O3S/c17-13-10-18-16(26-13)19-15(23)14(20-21-8-2-1-3-9-21)11-4-6-12(7-5-11)22(24)25/h4-7,10H,1-3,8-9H2,(H,18,19,23). The Balaban J connectivity index is 1.88. The second-order valence-corrected chi connectivity index (χ2v) is 7.35. The molecule has 0 aliphatic carbocycles. The molecule has 0 unspecified atom stereocenters. The minimum atomic E-state index is -0.483. The number of halogens is 1. The van der Waals surface area contributed by atoms with Crippen molar-refractivity contribution >= 4 is 45.4 Å². The Morgan fingerprint density at radius 3 is 2.54 bits per heavy atom. The lowest BCUT2D eigenvalue weighted by molar-refractivity contribution is -0.384. The van der Waals surface area contributed by atoms with Crippen molar-refractivity contribution in [1.29, 1.82) is 0 Å². The summed E-state index contributed by atoms with van der Waals surface area (Å²) < 4.78 is 0.463. The molecule has 2 aromatic rings. The number of carbonyl (C=O) groups excluding carboxylic acids is 1. The summed E-state index contributed by atoms with van der Waals surface area (Å²) in [6, 6.07) is 5.76. The van der Waals surface area contributed by atoms with Crippen LogP contribution in [0.3, 0.4) is 0 Å². The van der Waals surface area contributed by atoms with Crippen LogP contribution in [0.15, 0.2) is 35.6 Å². The monoisotopic (exact) mass is 393 g/mol. The number of hydrazone groups is 1. The largest absolute Gasteiger partial charge is 0.296 e. The van der Waals surface area contributed by atoms with Crippen LogP contribution in [0.5, 0.6) is 0 Å². The van der Waals surface area contributed by atoms with Crippen molar-refractivity contribution < 1.29 is 9.72 Å². The van der Waals surface area contributed by atoms with E-state index in [4.69, 9.17) is 11.6 Å². The van der Waals surface area contributed by atoms with Crippen LogP contribution < -0.4 is 5.32 Å². The highest BCUT2D eigenvalue weighted by Crippen LogP contribution is 2.23. The summed E-state index contributed by atoms with van der Waals surface area (Å²) in [6.45, 7) is 1.54. The molecule has 0 saturated carbocycles. The molecule has 1 saturated heterocycles. The number of amides is 1. The maximum atomic E-state index is 12.7. The molecular weight excluding hydrogens is 378 g/mol. The summed E-state index contributed by atoms with van der Waals surface area (Å²) >= 11 is 6.99. The second-order valence-electron chi connectivity index (χ2n) is 5.69. The van der Waals surface area contributed by atoms with Crippen LogP contribution in [0, 0.1) is 10.1 Å². The van der Waals surface area contributed by atoms with Crippen LogP contribution in [0.2, 0.25) is 4.34 Å². The Hall–Kier alpha value is -2.52. The van der Waals surface area contributed by atoms with Gasteiger partial charge in [-0.05, 0) is 31.4 Å². The molecule has 10 heteroatoms. The Morgan fingerprint density at radius 1 is 1.27 bits per heavy atom. The Morgan fingerprint density at radius 2 is 1.96 bits per heavy atom. The van der Waals surface area contributed by atoms with E-state index in [0.29, 0.717) is 15.0 Å². The molecule has 1 N–H and O–H groups in total. The van der Waals surface area contributed by atoms with Gasteiger partial charge in [-0.3, -0.25) is 25.2 Å². The number of carbonyl (C=O) groups is 1. The minimum absolute atomic E-state index is 0.0433. The van der Waals surface area contributed by atoms with Gasteiger partial charge in [0.05, 0.1) is 11.1 Å². The fraction of sp³-hybridized carbons (Fsp3) is 0.312. The van der Waals surface area contributed by atoms with E-state index in [1.165, 1.54) is 30.5 Å². The van der Waals surface area contributed by atoms with Crippen molar-refractivity contribution in [3.63, 3.8) is 0 Å². The molecule has 0 radical (unpaired) electrons. The van der Waals surface area contributed by atoms with E-state index in [-0.39, 0.29) is 11.4 Å². The number of piperidine rings is 1. The van der Waals surface area contributed by atoms with E-state index in [1.807, 2.05) is 5.01 Å². The molecule has 0 atom stereocenters. The van der Waals surface area contributed by atoms with Crippen LogP contribution in [0.1, 0.15) is 24.8 Å². The molecule has 1 fully saturated rings. The third kappa shape index (κ3) is 4.55. The summed E-state index contributed by atoms with van der Waals surface area (Å²) in [4.78, 5) is 27.1. The number of nitrogens with zero attached hydrogens (tertiary/aromatic N) is 4. The van der Waals surface area contributed by atoms with Crippen molar-refractivity contribution in [2.75, 3.05) is 18.4 Å². The van der Waals surface area contributed by atoms with E-state index in [1.54, 1.807) is 0 Å². The van der Waals surface area contributed by atoms with Crippen LogP contribution >= 0.6 is 22.9 Å². The highest BCUT2D eigenvalue weighted by atomic mass is 35.5. The molecule has 136 valence electrons. The normalized spacial score (nSPS) is 15.0. The molecule has 8 nitrogen and oxygen atoms in total. The van der Waals surface area contributed by atoms with Crippen LogP contribution in [0.4, 0.5) is 10.8 Å². The van der Waals surface area contributed by atoms with Gasteiger partial charge < -0.3 is 0 Å². The highest BCUT2D eigenvalue weighted by molar-refractivity contribution is 7.19. The predicted octanol–water partition coefficient (Wildman–Crippen LogP) is 3.53. The summed E-state index contributed by atoms with van der Waals surface area (Å²) in [5.41, 5.74) is 0.646. The van der Waals surface area contributed by atoms with E-state index in [2.05, 4.69) is 15.4 Å². The molecule has 1 aromatic carbocycles. The first-order chi connectivity index (χ1) is 12.5. The van der Waals surface area contributed by atoms with Crippen molar-refractivity contribution in [3.8, 4) is 0 Å². The lowest BCUT2D eigenvalue weighted by Gasteiger charge is -2.24. The van der Waals surface area contributed by atoms with Gasteiger partial charge in [-0.15, -0.1) is 0 Å². The third-order valence-corrected chi connectivity index (χ3v) is 4.87. The lowest BCUT2D eigenvalue weighted by Crippen LogP contribution is -2.31. The molecular formula is C16H16ClN5O3S. The Kier molecular flexibility index (Phi) is 5.79. The average molecular weight is 394 g/mol. The van der Waals surface area contributed by atoms with E-state index in [0.717, 1.165) is 43.7 Å². The van der Waals surface area contributed by atoms with Gasteiger partial charge in [-0.1, -0.05) is 22.9 Å². The number of thiazole rings is 1. The van der Waals surface area contributed by atoms with Gasteiger partial charge in [0.15, 0.2) is 10.8 Å². The smallest absolute Gasteiger partial charge is 0.278 e. The van der Waals surface area contributed by atoms with Crippen molar-refractivity contribution in [2.24, 2.45) is 5.10 Å². The van der Waals surface area contributed by atoms with Gasteiger partial charge in [0.25, 0.3) is 11.6 Å². The fourth-order valence-corrected chi connectivity index (χ4v) is 3.37. The Labute approximate surface area is 158 Å². The maximum Gasteiger partial charge on any atom is 0.278 e. The quantitative estimate of drug-likeness (QED) is 0.475. The summed E-state index contributed by atoms with van der Waals surface area (Å²) in [6.07, 6.45) is 4.62. The molecule has 26 heavy (non-hydrogen) atoms. The number of benzene rings is 1. The van der Waals surface area contributed by atoms with Gasteiger partial charge in [-0.25, -0.2) is 4.98 Å². The van der Waals surface area contributed by atoms with Gasteiger partial charge in [-0.2, -0.15) is 5.10 Å². The number of aromatic nitrogens is 1. The molecule has 1 aliphatic heterocycles. The molecule has 0 bridgehead atoms. The number of anilines is 1. The number of nitro groups is 1. The first kappa shape index (κ1) is 18.3. The number of nitro benzene ring substituents is 1. The first-order valence-corrected chi connectivity index (χ1v) is 9.23. The molecule has 2 heterocycles. The molecule has 1 aliphatic rings. The van der Waals surface area contributed by atoms with Crippen molar-refractivity contribution in [1.82, 2.24) is 9.99 Å². The number of hydrogen-bond acceptors (Lipinski definition) is 7. The third-order valence-electron chi connectivity index (χ3n) is 3.84. The zero-order valence-electron chi connectivity index (χ0n) is 13.7. The SMILES string of the molecule is O=C(Nc1ncc(Cl)s1)C(=NN1CCCCC1)c1ccc([N+](=O)[O-])cc1. The average Bonchev–Trinajstić information content (AvgIpc) is 3.05. The molecule has 1 amide bonds. The fourth-order valence-electron chi connectivity index (χ4n) is 2.56. The van der Waals surface area contributed by atoms with Crippen molar-refractivity contribution in [3.05, 3.63) is 50.5 Å². The lowest BCUT2D eigenvalue weighted by atomic mass is 10.1. The van der Waals surface area contributed by atoms with Crippen LogP contribution in [-0.2, 0) is 4.79 Å². The van der Waals surface area contributed by atoms with E-state index < -0.39 is 10.8 Å². The maximum absolute atomic E-state index is 12.7. The minimum Gasteiger partial charge on any atom is -0.296 e. The topological polar surface area (TPSA) is 101 Å². The molecule has 3 rings (SSSR count). The highest BCUT2D eigenvalue weighted by Gasteiger charge is 2.20. The summed E-state index contributed by atoms with van der Waals surface area (Å²) in [5, 5.41) is 20.2. The first-order valence-electron chi connectivity index (χ1n) is 8.04. The summed E-state index contributed by atoms with van der Waals surface area (Å²) in [7, 11) is 0. The summed E-state index contributed by atoms with van der Waals surface area (Å²) in [5.74, 6) is -0.435. The zero-order chi connectivity index (χ0) is 18.5.